The topological polar surface area (TPSA) is 55.9 Å². The number of carbonyl (C=O) groups is 2. The molecule has 23 heavy (non-hydrogen) atoms. The molecular formula is C17H30N4O2. The fourth-order valence-electron chi connectivity index (χ4n) is 4.12. The molecule has 0 bridgehead atoms. The molecule has 2 aliphatic heterocycles. The van der Waals surface area contributed by atoms with Gasteiger partial charge in [-0.1, -0.05) is 19.3 Å². The number of carbonyl (C=O) groups excluding carboxylic acids is 2. The lowest BCUT2D eigenvalue weighted by molar-refractivity contribution is -0.123. The molecule has 0 aromatic carbocycles. The highest BCUT2D eigenvalue weighted by atomic mass is 16.2. The van der Waals surface area contributed by atoms with Crippen molar-refractivity contribution in [3.63, 3.8) is 0 Å². The van der Waals surface area contributed by atoms with Gasteiger partial charge >= 0.3 is 6.03 Å². The van der Waals surface area contributed by atoms with E-state index in [1.807, 2.05) is 11.9 Å². The van der Waals surface area contributed by atoms with Crippen LogP contribution in [-0.4, -0.2) is 78.5 Å². The molecule has 0 unspecified atom stereocenters. The fraction of sp³-hybridized carbons (Fsp3) is 0.882. The van der Waals surface area contributed by atoms with Gasteiger partial charge in [0.2, 0.25) is 5.91 Å². The normalized spacial score (nSPS) is 25.2. The Balaban J connectivity index is 1.39. The zero-order valence-corrected chi connectivity index (χ0v) is 14.3. The SMILES string of the molecule is CN1CCN(C2CCN(CC(=O)NC3CCCCC3)CC2)C1=O. The van der Waals surface area contributed by atoms with Crippen LogP contribution in [0.15, 0.2) is 0 Å². The van der Waals surface area contributed by atoms with Crippen molar-refractivity contribution in [3.05, 3.63) is 0 Å². The van der Waals surface area contributed by atoms with Gasteiger partial charge in [-0.3, -0.25) is 9.69 Å². The third-order valence-electron chi connectivity index (χ3n) is 5.58. The van der Waals surface area contributed by atoms with Crippen molar-refractivity contribution in [2.24, 2.45) is 0 Å². The molecule has 3 fully saturated rings. The minimum atomic E-state index is 0.165. The average molecular weight is 322 g/mol. The van der Waals surface area contributed by atoms with E-state index in [1.54, 1.807) is 4.90 Å². The monoisotopic (exact) mass is 322 g/mol. The summed E-state index contributed by atoms with van der Waals surface area (Å²) in [4.78, 5) is 30.3. The molecule has 6 heteroatoms. The van der Waals surface area contributed by atoms with Crippen molar-refractivity contribution in [3.8, 4) is 0 Å². The number of nitrogens with zero attached hydrogens (tertiary/aromatic N) is 3. The van der Waals surface area contributed by atoms with E-state index in [0.717, 1.165) is 51.9 Å². The highest BCUT2D eigenvalue weighted by molar-refractivity contribution is 5.78. The van der Waals surface area contributed by atoms with Gasteiger partial charge < -0.3 is 15.1 Å². The van der Waals surface area contributed by atoms with Crippen LogP contribution < -0.4 is 5.32 Å². The molecule has 0 aromatic rings. The van der Waals surface area contributed by atoms with Gasteiger partial charge in [0.25, 0.3) is 0 Å². The van der Waals surface area contributed by atoms with E-state index in [2.05, 4.69) is 10.2 Å². The molecule has 130 valence electrons. The quantitative estimate of drug-likeness (QED) is 0.848. The molecule has 1 aliphatic carbocycles. The van der Waals surface area contributed by atoms with E-state index in [4.69, 9.17) is 0 Å². The Morgan fingerprint density at radius 3 is 2.35 bits per heavy atom. The number of hydrogen-bond donors (Lipinski definition) is 1. The van der Waals surface area contributed by atoms with E-state index in [-0.39, 0.29) is 11.9 Å². The first kappa shape index (κ1) is 16.6. The van der Waals surface area contributed by atoms with Gasteiger partial charge in [-0.2, -0.15) is 0 Å². The highest BCUT2D eigenvalue weighted by Gasteiger charge is 2.33. The molecule has 1 N–H and O–H groups in total. The van der Waals surface area contributed by atoms with Crippen molar-refractivity contribution in [1.29, 1.82) is 0 Å². The summed E-state index contributed by atoms with van der Waals surface area (Å²) in [6, 6.07) is 0.912. The minimum absolute atomic E-state index is 0.165. The van der Waals surface area contributed by atoms with Crippen molar-refractivity contribution >= 4 is 11.9 Å². The summed E-state index contributed by atoms with van der Waals surface area (Å²) in [5.74, 6) is 0.173. The van der Waals surface area contributed by atoms with Crippen LogP contribution in [0.4, 0.5) is 4.79 Å². The molecule has 0 aromatic heterocycles. The molecule has 2 heterocycles. The Morgan fingerprint density at radius 1 is 1.04 bits per heavy atom. The van der Waals surface area contributed by atoms with Gasteiger partial charge in [0.15, 0.2) is 0 Å². The highest BCUT2D eigenvalue weighted by Crippen LogP contribution is 2.21. The summed E-state index contributed by atoms with van der Waals surface area (Å²) in [6.45, 7) is 4.02. The van der Waals surface area contributed by atoms with Gasteiger partial charge in [-0.15, -0.1) is 0 Å². The smallest absolute Gasteiger partial charge is 0.320 e. The number of hydrogen-bond acceptors (Lipinski definition) is 3. The zero-order chi connectivity index (χ0) is 16.2. The third-order valence-corrected chi connectivity index (χ3v) is 5.58. The van der Waals surface area contributed by atoms with Crippen LogP contribution in [0, 0.1) is 0 Å². The Labute approximate surface area is 139 Å². The van der Waals surface area contributed by atoms with Crippen LogP contribution >= 0.6 is 0 Å². The predicted octanol–water partition coefficient (Wildman–Crippen LogP) is 1.27. The van der Waals surface area contributed by atoms with Crippen molar-refractivity contribution in [1.82, 2.24) is 20.0 Å². The Hall–Kier alpha value is -1.30. The number of amides is 3. The summed E-state index contributed by atoms with van der Waals surface area (Å²) in [7, 11) is 1.87. The number of likely N-dealkylation sites (tertiary alicyclic amines) is 1. The minimum Gasteiger partial charge on any atom is -0.352 e. The van der Waals surface area contributed by atoms with Crippen LogP contribution in [-0.2, 0) is 4.79 Å². The number of urea groups is 1. The molecule has 0 radical (unpaired) electrons. The number of piperidine rings is 1. The first-order valence-corrected chi connectivity index (χ1v) is 9.17. The van der Waals surface area contributed by atoms with Gasteiger partial charge in [0.05, 0.1) is 6.54 Å². The molecule has 3 amide bonds. The van der Waals surface area contributed by atoms with Gasteiger partial charge in [-0.05, 0) is 25.7 Å². The molecule has 2 saturated heterocycles. The second kappa shape index (κ2) is 7.51. The molecular weight excluding hydrogens is 292 g/mol. The van der Waals surface area contributed by atoms with Crippen molar-refractivity contribution < 1.29 is 9.59 Å². The van der Waals surface area contributed by atoms with Gasteiger partial charge in [0.1, 0.15) is 0 Å². The van der Waals surface area contributed by atoms with E-state index < -0.39 is 0 Å². The molecule has 0 spiro atoms. The first-order chi connectivity index (χ1) is 11.1. The van der Waals surface area contributed by atoms with Crippen LogP contribution in [0.1, 0.15) is 44.9 Å². The maximum Gasteiger partial charge on any atom is 0.320 e. The van der Waals surface area contributed by atoms with Crippen molar-refractivity contribution in [2.45, 2.75) is 57.0 Å². The second-order valence-electron chi connectivity index (χ2n) is 7.31. The number of rotatable bonds is 4. The maximum atomic E-state index is 12.2. The standard InChI is InChI=1S/C17H30N4O2/c1-19-11-12-21(17(19)23)15-7-9-20(10-8-15)13-16(22)18-14-5-3-2-4-6-14/h14-15H,2-13H2,1H3,(H,18,22). The lowest BCUT2D eigenvalue weighted by Gasteiger charge is -2.36. The van der Waals surface area contributed by atoms with Crippen LogP contribution in [0.5, 0.6) is 0 Å². The zero-order valence-electron chi connectivity index (χ0n) is 14.3. The van der Waals surface area contributed by atoms with Gasteiger partial charge in [-0.25, -0.2) is 4.79 Å². The summed E-state index contributed by atoms with van der Waals surface area (Å²) < 4.78 is 0. The lowest BCUT2D eigenvalue weighted by atomic mass is 9.95. The Morgan fingerprint density at radius 2 is 1.74 bits per heavy atom. The Kier molecular flexibility index (Phi) is 5.41. The molecule has 3 rings (SSSR count). The van der Waals surface area contributed by atoms with Crippen molar-refractivity contribution in [2.75, 3.05) is 39.8 Å². The van der Waals surface area contributed by atoms with Crippen LogP contribution in [0.3, 0.4) is 0 Å². The van der Waals surface area contributed by atoms with Crippen LogP contribution in [0.25, 0.3) is 0 Å². The molecule has 3 aliphatic rings. The van der Waals surface area contributed by atoms with E-state index in [1.165, 1.54) is 19.3 Å². The second-order valence-corrected chi connectivity index (χ2v) is 7.31. The third kappa shape index (κ3) is 4.16. The summed E-state index contributed by atoms with van der Waals surface area (Å²) in [6.07, 6.45) is 8.04. The average Bonchev–Trinajstić information content (AvgIpc) is 2.89. The molecule has 6 nitrogen and oxygen atoms in total. The van der Waals surface area contributed by atoms with E-state index in [0.29, 0.717) is 18.6 Å². The number of likely N-dealkylation sites (N-methyl/N-ethyl adjacent to an activating group) is 1. The predicted molar refractivity (Wildman–Crippen MR) is 89.2 cm³/mol. The summed E-state index contributed by atoms with van der Waals surface area (Å²) in [5, 5.41) is 3.19. The molecule has 1 saturated carbocycles. The maximum absolute atomic E-state index is 12.2. The first-order valence-electron chi connectivity index (χ1n) is 9.17. The lowest BCUT2D eigenvalue weighted by Crippen LogP contribution is -2.49. The number of nitrogens with one attached hydrogen (secondary N) is 1. The van der Waals surface area contributed by atoms with E-state index >= 15 is 0 Å². The Bertz CT molecular complexity index is 428. The van der Waals surface area contributed by atoms with E-state index in [9.17, 15) is 9.59 Å². The fourth-order valence-corrected chi connectivity index (χ4v) is 4.12. The van der Waals surface area contributed by atoms with Gasteiger partial charge in [0, 0.05) is 45.3 Å². The summed E-state index contributed by atoms with van der Waals surface area (Å²) >= 11 is 0. The largest absolute Gasteiger partial charge is 0.352 e. The molecule has 0 atom stereocenters. The summed E-state index contributed by atoms with van der Waals surface area (Å²) in [5.41, 5.74) is 0. The van der Waals surface area contributed by atoms with Crippen LogP contribution in [0.2, 0.25) is 0 Å².